The molecule has 0 fully saturated rings. The quantitative estimate of drug-likeness (QED) is 0.741. The molecule has 0 saturated carbocycles. The molecule has 2 N–H and O–H groups in total. The molecule has 2 amide bonds. The van der Waals surface area contributed by atoms with Crippen molar-refractivity contribution in [3.63, 3.8) is 0 Å². The van der Waals surface area contributed by atoms with Gasteiger partial charge in [0.05, 0.1) is 6.04 Å². The first-order valence-electron chi connectivity index (χ1n) is 7.99. The molecule has 2 aromatic carbocycles. The van der Waals surface area contributed by atoms with Crippen LogP contribution in [0, 0.1) is 5.82 Å². The average Bonchev–Trinajstić information content (AvgIpc) is 2.65. The number of ether oxygens (including phenoxy) is 1. The Kier molecular flexibility index (Phi) is 6.84. The largest absolute Gasteiger partial charge is 0.454 e. The van der Waals surface area contributed by atoms with Gasteiger partial charge >= 0.3 is 5.97 Å². The Bertz CT molecular complexity index is 763. The number of hydrogen-bond donors (Lipinski definition) is 2. The molecular weight excluding hydrogens is 339 g/mol. The Morgan fingerprint density at radius 1 is 1.04 bits per heavy atom. The van der Waals surface area contributed by atoms with E-state index in [1.165, 1.54) is 12.1 Å². The van der Waals surface area contributed by atoms with Crippen molar-refractivity contribution in [3.8, 4) is 0 Å². The van der Waals surface area contributed by atoms with Crippen molar-refractivity contribution in [2.75, 3.05) is 13.2 Å². The highest BCUT2D eigenvalue weighted by Crippen LogP contribution is 2.10. The first-order chi connectivity index (χ1) is 12.5. The molecule has 0 unspecified atom stereocenters. The molecule has 0 saturated heterocycles. The molecule has 26 heavy (non-hydrogen) atoms. The summed E-state index contributed by atoms with van der Waals surface area (Å²) in [6.45, 7) is 0.984. The number of benzene rings is 2. The molecule has 1 atom stereocenters. The van der Waals surface area contributed by atoms with E-state index in [4.69, 9.17) is 4.74 Å². The zero-order valence-electron chi connectivity index (χ0n) is 14.2. The van der Waals surface area contributed by atoms with Crippen molar-refractivity contribution >= 4 is 17.8 Å². The number of esters is 1. The number of carbonyl (C=O) groups excluding carboxylic acids is 3. The fourth-order valence-electron chi connectivity index (χ4n) is 2.16. The zero-order chi connectivity index (χ0) is 18.9. The molecule has 0 radical (unpaired) electrons. The van der Waals surface area contributed by atoms with Crippen molar-refractivity contribution < 1.29 is 23.5 Å². The third kappa shape index (κ3) is 6.01. The summed E-state index contributed by atoms with van der Waals surface area (Å²) in [6.07, 6.45) is 0. The maximum absolute atomic E-state index is 12.8. The first kappa shape index (κ1) is 19.1. The molecule has 136 valence electrons. The van der Waals surface area contributed by atoms with Crippen LogP contribution in [0.1, 0.15) is 28.9 Å². The third-order valence-electron chi connectivity index (χ3n) is 3.54. The van der Waals surface area contributed by atoms with E-state index in [9.17, 15) is 18.8 Å². The van der Waals surface area contributed by atoms with Gasteiger partial charge in [-0.2, -0.15) is 0 Å². The Hall–Kier alpha value is -3.22. The fraction of sp³-hybridized carbons (Fsp3) is 0.211. The molecule has 0 aliphatic rings. The van der Waals surface area contributed by atoms with Gasteiger partial charge in [0.2, 0.25) is 0 Å². The summed E-state index contributed by atoms with van der Waals surface area (Å²) in [5.74, 6) is -2.19. The normalized spacial score (nSPS) is 11.3. The fourth-order valence-corrected chi connectivity index (χ4v) is 2.16. The smallest absolute Gasteiger partial charge is 0.325 e. The highest BCUT2D eigenvalue weighted by Gasteiger charge is 2.13. The topological polar surface area (TPSA) is 84.5 Å². The van der Waals surface area contributed by atoms with E-state index in [0.29, 0.717) is 0 Å². The number of carbonyl (C=O) groups is 3. The molecule has 7 heteroatoms. The lowest BCUT2D eigenvalue weighted by Gasteiger charge is -2.14. The van der Waals surface area contributed by atoms with Crippen LogP contribution in [0.5, 0.6) is 0 Å². The third-order valence-corrected chi connectivity index (χ3v) is 3.54. The van der Waals surface area contributed by atoms with Crippen LogP contribution in [0.4, 0.5) is 4.39 Å². The highest BCUT2D eigenvalue weighted by molar-refractivity contribution is 5.96. The van der Waals surface area contributed by atoms with Crippen LogP contribution in [0.25, 0.3) is 0 Å². The number of amides is 2. The number of hydrogen-bond acceptors (Lipinski definition) is 4. The van der Waals surface area contributed by atoms with E-state index < -0.39 is 36.8 Å². The van der Waals surface area contributed by atoms with Gasteiger partial charge in [-0.3, -0.25) is 14.4 Å². The van der Waals surface area contributed by atoms with Gasteiger partial charge in [0.15, 0.2) is 6.61 Å². The van der Waals surface area contributed by atoms with Crippen LogP contribution >= 0.6 is 0 Å². The zero-order valence-corrected chi connectivity index (χ0v) is 14.2. The van der Waals surface area contributed by atoms with Crippen molar-refractivity contribution in [2.24, 2.45) is 0 Å². The molecule has 0 spiro atoms. The minimum atomic E-state index is -0.747. The van der Waals surface area contributed by atoms with Gasteiger partial charge in [-0.1, -0.05) is 30.3 Å². The van der Waals surface area contributed by atoms with Crippen LogP contribution in [0.15, 0.2) is 54.6 Å². The SMILES string of the molecule is C[C@@H](NC(=O)COC(=O)CNC(=O)c1ccc(F)cc1)c1ccccc1. The van der Waals surface area contributed by atoms with Crippen LogP contribution in [0.2, 0.25) is 0 Å². The Balaban J connectivity index is 1.70. The van der Waals surface area contributed by atoms with Gasteiger partial charge in [0, 0.05) is 5.56 Å². The number of nitrogens with one attached hydrogen (secondary N) is 2. The Labute approximate surface area is 150 Å². The number of halogens is 1. The maximum Gasteiger partial charge on any atom is 0.325 e. The van der Waals surface area contributed by atoms with Crippen LogP contribution in [0.3, 0.4) is 0 Å². The Morgan fingerprint density at radius 2 is 1.69 bits per heavy atom. The molecule has 0 heterocycles. The van der Waals surface area contributed by atoms with Gasteiger partial charge in [0.1, 0.15) is 12.4 Å². The molecule has 2 aromatic rings. The van der Waals surface area contributed by atoms with E-state index >= 15 is 0 Å². The summed E-state index contributed by atoms with van der Waals surface area (Å²) in [5, 5.41) is 5.05. The molecular formula is C19H19FN2O4. The molecule has 6 nitrogen and oxygen atoms in total. The molecule has 0 aromatic heterocycles. The summed E-state index contributed by atoms with van der Waals surface area (Å²) in [5.41, 5.74) is 1.15. The minimum absolute atomic E-state index is 0.216. The molecule has 2 rings (SSSR count). The van der Waals surface area contributed by atoms with Gasteiger partial charge in [-0.15, -0.1) is 0 Å². The molecule has 0 aliphatic carbocycles. The average molecular weight is 358 g/mol. The second-order valence-corrected chi connectivity index (χ2v) is 5.55. The van der Waals surface area contributed by atoms with E-state index in [1.807, 2.05) is 37.3 Å². The minimum Gasteiger partial charge on any atom is -0.454 e. The summed E-state index contributed by atoms with van der Waals surface area (Å²) in [4.78, 5) is 35.2. The summed E-state index contributed by atoms with van der Waals surface area (Å²) >= 11 is 0. The highest BCUT2D eigenvalue weighted by atomic mass is 19.1. The molecule has 0 bridgehead atoms. The lowest BCUT2D eigenvalue weighted by Crippen LogP contribution is -2.34. The van der Waals surface area contributed by atoms with Crippen molar-refractivity contribution in [1.29, 1.82) is 0 Å². The standard InChI is InChI=1S/C19H19FN2O4/c1-13(14-5-3-2-4-6-14)22-17(23)12-26-18(24)11-21-19(25)15-7-9-16(20)10-8-15/h2-10,13H,11-12H2,1H3,(H,21,25)(H,22,23)/t13-/m1/s1. The summed E-state index contributed by atoms with van der Waals surface area (Å²) in [7, 11) is 0. The predicted molar refractivity (Wildman–Crippen MR) is 92.7 cm³/mol. The lowest BCUT2D eigenvalue weighted by atomic mass is 10.1. The van der Waals surface area contributed by atoms with Gasteiger partial charge < -0.3 is 15.4 Å². The monoisotopic (exact) mass is 358 g/mol. The van der Waals surface area contributed by atoms with E-state index in [2.05, 4.69) is 10.6 Å². The van der Waals surface area contributed by atoms with E-state index in [-0.39, 0.29) is 11.6 Å². The van der Waals surface area contributed by atoms with Crippen molar-refractivity contribution in [2.45, 2.75) is 13.0 Å². The summed E-state index contributed by atoms with van der Waals surface area (Å²) < 4.78 is 17.6. The Morgan fingerprint density at radius 3 is 2.35 bits per heavy atom. The van der Waals surface area contributed by atoms with Crippen LogP contribution < -0.4 is 10.6 Å². The first-order valence-corrected chi connectivity index (χ1v) is 7.99. The number of rotatable bonds is 7. The van der Waals surface area contributed by atoms with E-state index in [0.717, 1.165) is 17.7 Å². The van der Waals surface area contributed by atoms with Crippen LogP contribution in [-0.4, -0.2) is 30.9 Å². The second kappa shape index (κ2) is 9.31. The van der Waals surface area contributed by atoms with Gasteiger partial charge in [0.25, 0.3) is 11.8 Å². The molecule has 0 aliphatic heterocycles. The summed E-state index contributed by atoms with van der Waals surface area (Å²) in [6, 6.07) is 14.0. The predicted octanol–water partition coefficient (Wildman–Crippen LogP) is 1.98. The van der Waals surface area contributed by atoms with Gasteiger partial charge in [-0.25, -0.2) is 4.39 Å². The van der Waals surface area contributed by atoms with Gasteiger partial charge in [-0.05, 0) is 36.8 Å². The van der Waals surface area contributed by atoms with E-state index in [1.54, 1.807) is 0 Å². The van der Waals surface area contributed by atoms with Crippen LogP contribution in [-0.2, 0) is 14.3 Å². The maximum atomic E-state index is 12.8. The second-order valence-electron chi connectivity index (χ2n) is 5.55. The van der Waals surface area contributed by atoms with Crippen molar-refractivity contribution in [1.82, 2.24) is 10.6 Å². The van der Waals surface area contributed by atoms with Crippen molar-refractivity contribution in [3.05, 3.63) is 71.5 Å². The lowest BCUT2D eigenvalue weighted by molar-refractivity contribution is -0.147.